The highest BCUT2D eigenvalue weighted by Crippen LogP contribution is 2.33. The van der Waals surface area contributed by atoms with Crippen molar-refractivity contribution in [1.29, 1.82) is 0 Å². The fourth-order valence-electron chi connectivity index (χ4n) is 2.74. The zero-order chi connectivity index (χ0) is 14.2. The molecule has 2 aromatic heterocycles. The van der Waals surface area contributed by atoms with E-state index in [2.05, 4.69) is 42.5 Å². The van der Waals surface area contributed by atoms with Gasteiger partial charge >= 0.3 is 0 Å². The van der Waals surface area contributed by atoms with Crippen molar-refractivity contribution < 1.29 is 0 Å². The number of thiazole rings is 1. The molecule has 4 nitrogen and oxygen atoms in total. The highest BCUT2D eigenvalue weighted by molar-refractivity contribution is 9.10. The van der Waals surface area contributed by atoms with E-state index >= 15 is 0 Å². The first kappa shape index (κ1) is 13.2. The van der Waals surface area contributed by atoms with Crippen LogP contribution < -0.4 is 5.32 Å². The molecular weight excluding hydrogens is 348 g/mol. The minimum Gasteiger partial charge on any atom is -0.314 e. The standard InChI is InChI=1S/C15H13BrN4S/c16-13-9-5-1-2-6-10(9)14(20-19-13)18-15-17-11-7-3-4-8-12(11)21-15/h3-4,7-8H,1-2,5-6H2,(H,17,18,20). The van der Waals surface area contributed by atoms with Crippen LogP contribution in [0.5, 0.6) is 0 Å². The molecule has 0 bridgehead atoms. The van der Waals surface area contributed by atoms with Gasteiger partial charge in [0, 0.05) is 5.56 Å². The summed E-state index contributed by atoms with van der Waals surface area (Å²) in [5.74, 6) is 0.854. The molecule has 0 saturated heterocycles. The molecule has 1 aliphatic rings. The van der Waals surface area contributed by atoms with E-state index < -0.39 is 0 Å². The number of hydrogen-bond donors (Lipinski definition) is 1. The monoisotopic (exact) mass is 360 g/mol. The molecule has 0 spiro atoms. The third kappa shape index (κ3) is 2.42. The van der Waals surface area contributed by atoms with Gasteiger partial charge in [-0.2, -0.15) is 0 Å². The number of aromatic nitrogens is 3. The van der Waals surface area contributed by atoms with Crippen LogP contribution in [0.15, 0.2) is 28.9 Å². The number of halogens is 1. The van der Waals surface area contributed by atoms with Crippen LogP contribution in [0.25, 0.3) is 10.2 Å². The molecule has 1 N–H and O–H groups in total. The largest absolute Gasteiger partial charge is 0.314 e. The van der Waals surface area contributed by atoms with E-state index in [1.807, 2.05) is 18.2 Å². The molecule has 0 atom stereocenters. The lowest BCUT2D eigenvalue weighted by Crippen LogP contribution is -2.10. The minimum atomic E-state index is 0.854. The lowest BCUT2D eigenvalue weighted by Gasteiger charge is -2.18. The van der Waals surface area contributed by atoms with Crippen molar-refractivity contribution in [1.82, 2.24) is 15.2 Å². The maximum atomic E-state index is 4.61. The molecule has 0 saturated carbocycles. The van der Waals surface area contributed by atoms with Gasteiger partial charge in [-0.15, -0.1) is 10.2 Å². The predicted molar refractivity (Wildman–Crippen MR) is 89.3 cm³/mol. The summed E-state index contributed by atoms with van der Waals surface area (Å²) in [6, 6.07) is 8.15. The van der Waals surface area contributed by atoms with E-state index in [1.165, 1.54) is 28.7 Å². The third-order valence-electron chi connectivity index (χ3n) is 3.76. The van der Waals surface area contributed by atoms with Gasteiger partial charge < -0.3 is 5.32 Å². The van der Waals surface area contributed by atoms with Gasteiger partial charge in [0.05, 0.1) is 10.2 Å². The van der Waals surface area contributed by atoms with Crippen molar-refractivity contribution in [3.8, 4) is 0 Å². The fraction of sp³-hybridized carbons (Fsp3) is 0.267. The Morgan fingerprint density at radius 1 is 1.05 bits per heavy atom. The molecule has 0 radical (unpaired) electrons. The summed E-state index contributed by atoms with van der Waals surface area (Å²) in [4.78, 5) is 4.61. The number of nitrogens with zero attached hydrogens (tertiary/aromatic N) is 3. The molecule has 0 amide bonds. The SMILES string of the molecule is Brc1nnc(Nc2nc3ccccc3s2)c2c1CCCC2. The molecule has 0 fully saturated rings. The summed E-state index contributed by atoms with van der Waals surface area (Å²) in [5.41, 5.74) is 3.59. The molecule has 6 heteroatoms. The van der Waals surface area contributed by atoms with Crippen molar-refractivity contribution in [2.45, 2.75) is 25.7 Å². The Morgan fingerprint density at radius 2 is 1.86 bits per heavy atom. The molecule has 0 unspecified atom stereocenters. The van der Waals surface area contributed by atoms with Crippen LogP contribution in [0.3, 0.4) is 0 Å². The van der Waals surface area contributed by atoms with E-state index in [0.29, 0.717) is 0 Å². The van der Waals surface area contributed by atoms with Crippen molar-refractivity contribution >= 4 is 48.4 Å². The van der Waals surface area contributed by atoms with Crippen molar-refractivity contribution in [2.75, 3.05) is 5.32 Å². The van der Waals surface area contributed by atoms with Gasteiger partial charge in [0.15, 0.2) is 10.9 Å². The Kier molecular flexibility index (Phi) is 3.35. The van der Waals surface area contributed by atoms with Gasteiger partial charge in [-0.3, -0.25) is 0 Å². The van der Waals surface area contributed by atoms with E-state index in [1.54, 1.807) is 11.3 Å². The highest BCUT2D eigenvalue weighted by Gasteiger charge is 2.19. The summed E-state index contributed by atoms with van der Waals surface area (Å²) in [5, 5.41) is 12.8. The highest BCUT2D eigenvalue weighted by atomic mass is 79.9. The molecule has 2 heterocycles. The number of rotatable bonds is 2. The second-order valence-corrected chi connectivity index (χ2v) is 6.90. The average Bonchev–Trinajstić information content (AvgIpc) is 2.93. The molecule has 3 aromatic rings. The van der Waals surface area contributed by atoms with E-state index in [4.69, 9.17) is 0 Å². The minimum absolute atomic E-state index is 0.854. The summed E-state index contributed by atoms with van der Waals surface area (Å²) >= 11 is 5.16. The van der Waals surface area contributed by atoms with Crippen molar-refractivity contribution in [2.24, 2.45) is 0 Å². The maximum Gasteiger partial charge on any atom is 0.189 e. The van der Waals surface area contributed by atoms with Crippen LogP contribution in [0, 0.1) is 0 Å². The number of benzene rings is 1. The fourth-order valence-corrected chi connectivity index (χ4v) is 4.12. The first-order chi connectivity index (χ1) is 10.3. The Morgan fingerprint density at radius 3 is 2.71 bits per heavy atom. The van der Waals surface area contributed by atoms with Gasteiger partial charge in [-0.05, 0) is 59.3 Å². The Labute approximate surface area is 134 Å². The summed E-state index contributed by atoms with van der Waals surface area (Å²) in [6.45, 7) is 0. The van der Waals surface area contributed by atoms with Gasteiger partial charge in [0.25, 0.3) is 0 Å². The average molecular weight is 361 g/mol. The second-order valence-electron chi connectivity index (χ2n) is 5.12. The molecule has 1 aromatic carbocycles. The van der Waals surface area contributed by atoms with Gasteiger partial charge in [0.1, 0.15) is 4.60 Å². The number of hydrogen-bond acceptors (Lipinski definition) is 5. The van der Waals surface area contributed by atoms with Crippen LogP contribution in [-0.4, -0.2) is 15.2 Å². The molecule has 21 heavy (non-hydrogen) atoms. The van der Waals surface area contributed by atoms with Gasteiger partial charge in [-0.25, -0.2) is 4.98 Å². The molecule has 106 valence electrons. The second kappa shape index (κ2) is 5.35. The maximum absolute atomic E-state index is 4.61. The zero-order valence-electron chi connectivity index (χ0n) is 11.3. The number of fused-ring (bicyclic) bond motifs is 2. The molecule has 1 aliphatic carbocycles. The first-order valence-electron chi connectivity index (χ1n) is 6.98. The summed E-state index contributed by atoms with van der Waals surface area (Å²) < 4.78 is 2.06. The first-order valence-corrected chi connectivity index (χ1v) is 8.59. The lowest BCUT2D eigenvalue weighted by molar-refractivity contribution is 0.672. The van der Waals surface area contributed by atoms with Crippen LogP contribution in [0.1, 0.15) is 24.0 Å². The van der Waals surface area contributed by atoms with Crippen LogP contribution in [-0.2, 0) is 12.8 Å². The van der Waals surface area contributed by atoms with Crippen LogP contribution in [0.4, 0.5) is 10.9 Å². The van der Waals surface area contributed by atoms with Gasteiger partial charge in [-0.1, -0.05) is 23.5 Å². The molecular formula is C15H13BrN4S. The smallest absolute Gasteiger partial charge is 0.189 e. The van der Waals surface area contributed by atoms with Crippen molar-refractivity contribution in [3.05, 3.63) is 40.0 Å². The lowest BCUT2D eigenvalue weighted by atomic mass is 9.94. The number of anilines is 2. The normalized spacial score (nSPS) is 14.1. The van der Waals surface area contributed by atoms with E-state index in [0.717, 1.165) is 33.9 Å². The summed E-state index contributed by atoms with van der Waals surface area (Å²) in [6.07, 6.45) is 4.55. The topological polar surface area (TPSA) is 50.7 Å². The number of para-hydroxylation sites is 1. The van der Waals surface area contributed by atoms with Crippen molar-refractivity contribution in [3.63, 3.8) is 0 Å². The molecule has 4 rings (SSSR count). The zero-order valence-corrected chi connectivity index (χ0v) is 13.7. The molecule has 0 aliphatic heterocycles. The van der Waals surface area contributed by atoms with Crippen LogP contribution in [0.2, 0.25) is 0 Å². The Bertz CT molecular complexity index is 782. The Balaban J connectivity index is 1.74. The van der Waals surface area contributed by atoms with E-state index in [9.17, 15) is 0 Å². The van der Waals surface area contributed by atoms with E-state index in [-0.39, 0.29) is 0 Å². The Hall–Kier alpha value is -1.53. The predicted octanol–water partition coefficient (Wildman–Crippen LogP) is 4.47. The van der Waals surface area contributed by atoms with Crippen LogP contribution >= 0.6 is 27.3 Å². The summed E-state index contributed by atoms with van der Waals surface area (Å²) in [7, 11) is 0. The quantitative estimate of drug-likeness (QED) is 0.732. The third-order valence-corrected chi connectivity index (χ3v) is 5.35. The van der Waals surface area contributed by atoms with Gasteiger partial charge in [0.2, 0.25) is 0 Å². The number of nitrogens with one attached hydrogen (secondary N) is 1.